The normalized spacial score (nSPS) is 13.2. The van der Waals surface area contributed by atoms with E-state index in [9.17, 15) is 19.7 Å². The Kier molecular flexibility index (Phi) is 7.25. The Hall–Kier alpha value is -2.97. The summed E-state index contributed by atoms with van der Waals surface area (Å²) in [4.78, 5) is 37.2. The first kappa shape index (κ1) is 22.7. The predicted molar refractivity (Wildman–Crippen MR) is 120 cm³/mol. The van der Waals surface area contributed by atoms with Crippen molar-refractivity contribution in [2.75, 3.05) is 23.7 Å². The fourth-order valence-corrected chi connectivity index (χ4v) is 3.60. The number of nitrogens with one attached hydrogen (secondary N) is 2. The molecular formula is C22H25ClN4O4. The number of hydrogen-bond donors (Lipinski definition) is 2. The van der Waals surface area contributed by atoms with Gasteiger partial charge in [0.05, 0.1) is 22.2 Å². The second-order valence-corrected chi connectivity index (χ2v) is 8.14. The van der Waals surface area contributed by atoms with Gasteiger partial charge < -0.3 is 10.6 Å². The van der Waals surface area contributed by atoms with E-state index < -0.39 is 4.92 Å². The Balaban J connectivity index is 1.54. The van der Waals surface area contributed by atoms with Crippen molar-refractivity contribution in [3.05, 3.63) is 62.7 Å². The highest BCUT2D eigenvalue weighted by Gasteiger charge is 2.30. The van der Waals surface area contributed by atoms with Gasteiger partial charge in [0.15, 0.2) is 0 Å². The molecule has 0 radical (unpaired) electrons. The van der Waals surface area contributed by atoms with Crippen LogP contribution in [0.1, 0.15) is 30.4 Å². The number of rotatable bonds is 9. The lowest BCUT2D eigenvalue weighted by atomic mass is 10.1. The minimum absolute atomic E-state index is 0.106. The summed E-state index contributed by atoms with van der Waals surface area (Å²) in [7, 11) is 0. The van der Waals surface area contributed by atoms with Crippen molar-refractivity contribution in [3.8, 4) is 0 Å². The molecule has 2 amide bonds. The summed E-state index contributed by atoms with van der Waals surface area (Å²) in [6.07, 6.45) is 2.19. The van der Waals surface area contributed by atoms with Gasteiger partial charge in [0.2, 0.25) is 11.8 Å². The maximum absolute atomic E-state index is 12.6. The number of nitro groups is 1. The van der Waals surface area contributed by atoms with Crippen LogP contribution in [-0.4, -0.2) is 40.8 Å². The lowest BCUT2D eigenvalue weighted by molar-refractivity contribution is -0.384. The third kappa shape index (κ3) is 6.26. The summed E-state index contributed by atoms with van der Waals surface area (Å²) < 4.78 is 0. The van der Waals surface area contributed by atoms with Crippen LogP contribution in [0.15, 0.2) is 36.4 Å². The van der Waals surface area contributed by atoms with Gasteiger partial charge in [-0.2, -0.15) is 0 Å². The quantitative estimate of drug-likeness (QED) is 0.443. The van der Waals surface area contributed by atoms with Gasteiger partial charge in [-0.25, -0.2) is 0 Å². The summed E-state index contributed by atoms with van der Waals surface area (Å²) in [5, 5.41) is 16.6. The van der Waals surface area contributed by atoms with E-state index in [4.69, 9.17) is 11.6 Å². The third-order valence-corrected chi connectivity index (χ3v) is 5.53. The highest BCUT2D eigenvalue weighted by molar-refractivity contribution is 6.33. The van der Waals surface area contributed by atoms with E-state index in [0.717, 1.165) is 29.7 Å². The molecule has 3 rings (SSSR count). The molecule has 8 nitrogen and oxygen atoms in total. The van der Waals surface area contributed by atoms with Crippen LogP contribution in [0.3, 0.4) is 0 Å². The van der Waals surface area contributed by atoms with Gasteiger partial charge in [0.25, 0.3) is 5.69 Å². The van der Waals surface area contributed by atoms with Crippen molar-refractivity contribution >= 4 is 40.5 Å². The molecule has 0 atom stereocenters. The van der Waals surface area contributed by atoms with Crippen LogP contribution in [0, 0.1) is 24.0 Å². The lowest BCUT2D eigenvalue weighted by Crippen LogP contribution is -2.37. The molecule has 164 valence electrons. The molecule has 2 aromatic rings. The second-order valence-electron chi connectivity index (χ2n) is 7.74. The van der Waals surface area contributed by atoms with E-state index in [2.05, 4.69) is 10.6 Å². The molecule has 0 aromatic heterocycles. The Morgan fingerprint density at radius 3 is 2.39 bits per heavy atom. The molecule has 1 aliphatic rings. The van der Waals surface area contributed by atoms with Gasteiger partial charge in [0.1, 0.15) is 0 Å². The molecule has 9 heteroatoms. The third-order valence-electron chi connectivity index (χ3n) is 5.22. The van der Waals surface area contributed by atoms with Crippen molar-refractivity contribution in [1.82, 2.24) is 4.90 Å². The number of hydrogen-bond acceptors (Lipinski definition) is 5. The second kappa shape index (κ2) is 9.89. The number of benzene rings is 2. The van der Waals surface area contributed by atoms with Crippen molar-refractivity contribution < 1.29 is 14.5 Å². The minimum Gasteiger partial charge on any atom is -0.325 e. The van der Waals surface area contributed by atoms with E-state index in [1.54, 1.807) is 0 Å². The maximum atomic E-state index is 12.6. The number of non-ortho nitro benzene ring substituents is 1. The lowest BCUT2D eigenvalue weighted by Gasteiger charge is -2.22. The molecule has 2 N–H and O–H groups in total. The summed E-state index contributed by atoms with van der Waals surface area (Å²) in [6, 6.07) is 10.1. The van der Waals surface area contributed by atoms with Gasteiger partial charge in [-0.05, 0) is 43.9 Å². The van der Waals surface area contributed by atoms with Crippen LogP contribution in [0.2, 0.25) is 5.02 Å². The van der Waals surface area contributed by atoms with Gasteiger partial charge in [-0.3, -0.25) is 24.6 Å². The van der Waals surface area contributed by atoms with Crippen LogP contribution < -0.4 is 10.6 Å². The number of carbonyl (C=O) groups is 2. The Morgan fingerprint density at radius 1 is 1.13 bits per heavy atom. The largest absolute Gasteiger partial charge is 0.325 e. The van der Waals surface area contributed by atoms with Crippen molar-refractivity contribution in [3.63, 3.8) is 0 Å². The molecule has 2 aromatic carbocycles. The highest BCUT2D eigenvalue weighted by atomic mass is 35.5. The monoisotopic (exact) mass is 444 g/mol. The average Bonchev–Trinajstić information content (AvgIpc) is 3.55. The molecular weight excluding hydrogens is 420 g/mol. The number of amides is 2. The number of halogens is 1. The van der Waals surface area contributed by atoms with Crippen LogP contribution in [0.5, 0.6) is 0 Å². The van der Waals surface area contributed by atoms with Crippen molar-refractivity contribution in [2.24, 2.45) is 0 Å². The highest BCUT2D eigenvalue weighted by Crippen LogP contribution is 2.28. The fraction of sp³-hybridized carbons (Fsp3) is 0.364. The number of carbonyl (C=O) groups excluding carboxylic acids is 2. The summed E-state index contributed by atoms with van der Waals surface area (Å²) in [5.41, 5.74) is 3.02. The van der Waals surface area contributed by atoms with Crippen LogP contribution in [-0.2, 0) is 9.59 Å². The number of nitro benzene ring substituents is 1. The van der Waals surface area contributed by atoms with Gasteiger partial charge in [0, 0.05) is 36.8 Å². The predicted octanol–water partition coefficient (Wildman–Crippen LogP) is 4.30. The Labute approximate surface area is 185 Å². The van der Waals surface area contributed by atoms with Crippen LogP contribution >= 0.6 is 11.6 Å². The van der Waals surface area contributed by atoms with Gasteiger partial charge in [-0.1, -0.05) is 29.8 Å². The molecule has 0 heterocycles. The Morgan fingerprint density at radius 2 is 1.81 bits per heavy atom. The van der Waals surface area contributed by atoms with Crippen LogP contribution in [0.25, 0.3) is 0 Å². The van der Waals surface area contributed by atoms with Crippen LogP contribution in [0.4, 0.5) is 17.1 Å². The first-order valence-electron chi connectivity index (χ1n) is 10.1. The summed E-state index contributed by atoms with van der Waals surface area (Å²) in [5.74, 6) is -0.375. The standard InChI is InChI=1S/C22H25ClN4O4/c1-14-4-3-5-15(2)22(14)25-21(29)13-26(16-6-7-16)11-10-20(28)24-19-9-8-17(27(30)31)12-18(19)23/h3-5,8-9,12,16H,6-7,10-11,13H2,1-2H3,(H,24,28)(H,25,29). The zero-order valence-corrected chi connectivity index (χ0v) is 18.2. The van der Waals surface area contributed by atoms with Gasteiger partial charge >= 0.3 is 0 Å². The minimum atomic E-state index is -0.547. The van der Waals surface area contributed by atoms with E-state index in [1.165, 1.54) is 18.2 Å². The molecule has 1 fully saturated rings. The van der Waals surface area contributed by atoms with E-state index in [0.29, 0.717) is 18.3 Å². The van der Waals surface area contributed by atoms with Crippen molar-refractivity contribution in [1.29, 1.82) is 0 Å². The molecule has 1 aliphatic carbocycles. The zero-order chi connectivity index (χ0) is 22.5. The summed E-state index contributed by atoms with van der Waals surface area (Å²) in [6.45, 7) is 4.55. The number of aryl methyl sites for hydroxylation is 2. The number of anilines is 2. The smallest absolute Gasteiger partial charge is 0.271 e. The first-order valence-corrected chi connectivity index (χ1v) is 10.5. The molecule has 1 saturated carbocycles. The fourth-order valence-electron chi connectivity index (χ4n) is 3.38. The maximum Gasteiger partial charge on any atom is 0.271 e. The summed E-state index contributed by atoms with van der Waals surface area (Å²) >= 11 is 6.03. The molecule has 0 aliphatic heterocycles. The number of para-hydroxylation sites is 1. The topological polar surface area (TPSA) is 105 Å². The molecule has 0 unspecified atom stereocenters. The van der Waals surface area contributed by atoms with E-state index >= 15 is 0 Å². The van der Waals surface area contributed by atoms with E-state index in [1.807, 2.05) is 36.9 Å². The first-order chi connectivity index (χ1) is 14.7. The SMILES string of the molecule is Cc1cccc(C)c1NC(=O)CN(CCC(=O)Nc1ccc([N+](=O)[O-])cc1Cl)C1CC1. The zero-order valence-electron chi connectivity index (χ0n) is 17.5. The van der Waals surface area contributed by atoms with Crippen molar-refractivity contribution in [2.45, 2.75) is 39.2 Å². The van der Waals surface area contributed by atoms with Gasteiger partial charge in [-0.15, -0.1) is 0 Å². The number of nitrogens with zero attached hydrogens (tertiary/aromatic N) is 2. The average molecular weight is 445 g/mol. The molecule has 0 spiro atoms. The molecule has 31 heavy (non-hydrogen) atoms. The molecule has 0 bridgehead atoms. The molecule has 0 saturated heterocycles. The Bertz CT molecular complexity index is 987. The van der Waals surface area contributed by atoms with E-state index in [-0.39, 0.29) is 35.5 Å².